The molecule has 4 nitrogen and oxygen atoms in total. The molecule has 0 saturated heterocycles. The highest BCUT2D eigenvalue weighted by Gasteiger charge is 2.05. The fraction of sp³-hybridized carbons (Fsp3) is 0.400. The molecule has 0 fully saturated rings. The molecule has 1 heterocycles. The van der Waals surface area contributed by atoms with Crippen LogP contribution in [0.1, 0.15) is 24.5 Å². The van der Waals surface area contributed by atoms with Gasteiger partial charge in [-0.1, -0.05) is 19.1 Å². The molecule has 2 rings (SSSR count). The predicted molar refractivity (Wildman–Crippen MR) is 76.5 cm³/mol. The Morgan fingerprint density at radius 1 is 1.37 bits per heavy atom. The second-order valence-corrected chi connectivity index (χ2v) is 4.68. The van der Waals surface area contributed by atoms with Gasteiger partial charge < -0.3 is 10.5 Å². The summed E-state index contributed by atoms with van der Waals surface area (Å²) in [5, 5.41) is 4.25. The number of benzene rings is 1. The lowest BCUT2D eigenvalue weighted by Crippen LogP contribution is -2.02. The van der Waals surface area contributed by atoms with Crippen molar-refractivity contribution in [1.82, 2.24) is 9.78 Å². The van der Waals surface area contributed by atoms with Gasteiger partial charge in [-0.3, -0.25) is 4.68 Å². The summed E-state index contributed by atoms with van der Waals surface area (Å²) in [6.45, 7) is 5.76. The molecule has 0 amide bonds. The molecule has 0 bridgehead atoms. The van der Waals surface area contributed by atoms with Crippen LogP contribution < -0.4 is 10.5 Å². The lowest BCUT2D eigenvalue weighted by Gasteiger charge is -2.08. The third-order valence-electron chi connectivity index (χ3n) is 2.96. The predicted octanol–water partition coefficient (Wildman–Crippen LogP) is 2.90. The van der Waals surface area contributed by atoms with Gasteiger partial charge in [0.2, 0.25) is 0 Å². The topological polar surface area (TPSA) is 53.1 Å². The SMILES string of the molecule is CCCn1cc(Oc2ccc(CCN)cc2C)cn1. The Hall–Kier alpha value is -1.81. The van der Waals surface area contributed by atoms with Crippen molar-refractivity contribution in [3.63, 3.8) is 0 Å². The van der Waals surface area contributed by atoms with Gasteiger partial charge in [0.1, 0.15) is 5.75 Å². The Kier molecular flexibility index (Phi) is 4.58. The Morgan fingerprint density at radius 2 is 2.21 bits per heavy atom. The normalized spacial score (nSPS) is 10.7. The van der Waals surface area contributed by atoms with Crippen molar-refractivity contribution in [1.29, 1.82) is 0 Å². The molecular formula is C15H21N3O. The van der Waals surface area contributed by atoms with E-state index in [1.165, 1.54) is 5.56 Å². The van der Waals surface area contributed by atoms with E-state index in [4.69, 9.17) is 10.5 Å². The number of nitrogens with two attached hydrogens (primary N) is 1. The largest absolute Gasteiger partial charge is 0.454 e. The fourth-order valence-corrected chi connectivity index (χ4v) is 2.02. The summed E-state index contributed by atoms with van der Waals surface area (Å²) < 4.78 is 7.75. The van der Waals surface area contributed by atoms with E-state index in [0.29, 0.717) is 6.54 Å². The summed E-state index contributed by atoms with van der Waals surface area (Å²) in [5.41, 5.74) is 7.93. The van der Waals surface area contributed by atoms with Crippen LogP contribution in [0.25, 0.3) is 0 Å². The van der Waals surface area contributed by atoms with Crippen LogP contribution in [0.5, 0.6) is 11.5 Å². The van der Waals surface area contributed by atoms with Crippen molar-refractivity contribution >= 4 is 0 Å². The van der Waals surface area contributed by atoms with Crippen molar-refractivity contribution in [3.8, 4) is 11.5 Å². The maximum absolute atomic E-state index is 5.85. The average molecular weight is 259 g/mol. The fourth-order valence-electron chi connectivity index (χ4n) is 2.02. The van der Waals surface area contributed by atoms with Crippen LogP contribution in [0.2, 0.25) is 0 Å². The van der Waals surface area contributed by atoms with E-state index in [1.807, 2.05) is 23.9 Å². The molecule has 0 aliphatic rings. The van der Waals surface area contributed by atoms with Gasteiger partial charge in [-0.05, 0) is 43.5 Å². The summed E-state index contributed by atoms with van der Waals surface area (Å²) in [6, 6.07) is 6.18. The van der Waals surface area contributed by atoms with Gasteiger partial charge in [0.15, 0.2) is 5.75 Å². The first-order valence-corrected chi connectivity index (χ1v) is 6.73. The molecule has 0 spiro atoms. The molecule has 0 radical (unpaired) electrons. The number of rotatable bonds is 6. The number of aryl methyl sites for hydroxylation is 2. The summed E-state index contributed by atoms with van der Waals surface area (Å²) in [6.07, 6.45) is 5.64. The Labute approximate surface area is 114 Å². The van der Waals surface area contributed by atoms with E-state index in [2.05, 4.69) is 24.2 Å². The Morgan fingerprint density at radius 3 is 2.89 bits per heavy atom. The lowest BCUT2D eigenvalue weighted by molar-refractivity contribution is 0.476. The van der Waals surface area contributed by atoms with Crippen LogP contribution in [0.15, 0.2) is 30.6 Å². The zero-order valence-electron chi connectivity index (χ0n) is 11.6. The van der Waals surface area contributed by atoms with Crippen molar-refractivity contribution in [2.75, 3.05) is 6.54 Å². The maximum atomic E-state index is 5.85. The van der Waals surface area contributed by atoms with Crippen molar-refractivity contribution < 1.29 is 4.74 Å². The lowest BCUT2D eigenvalue weighted by atomic mass is 10.1. The van der Waals surface area contributed by atoms with Gasteiger partial charge in [-0.2, -0.15) is 5.10 Å². The zero-order valence-corrected chi connectivity index (χ0v) is 11.6. The monoisotopic (exact) mass is 259 g/mol. The molecule has 2 N–H and O–H groups in total. The number of ether oxygens (including phenoxy) is 1. The van der Waals surface area contributed by atoms with Crippen LogP contribution in [0.4, 0.5) is 0 Å². The molecule has 1 aromatic carbocycles. The van der Waals surface area contributed by atoms with Crippen molar-refractivity contribution in [2.24, 2.45) is 5.73 Å². The van der Waals surface area contributed by atoms with Crippen LogP contribution >= 0.6 is 0 Å². The molecule has 19 heavy (non-hydrogen) atoms. The maximum Gasteiger partial charge on any atom is 0.165 e. The van der Waals surface area contributed by atoms with Gasteiger partial charge in [0, 0.05) is 6.54 Å². The minimum absolute atomic E-state index is 0.670. The molecule has 0 unspecified atom stereocenters. The third kappa shape index (κ3) is 3.58. The molecule has 0 aliphatic heterocycles. The Balaban J connectivity index is 2.09. The molecule has 1 aromatic heterocycles. The van der Waals surface area contributed by atoms with Crippen LogP contribution in [-0.2, 0) is 13.0 Å². The summed E-state index contributed by atoms with van der Waals surface area (Å²) >= 11 is 0. The number of hydrogen-bond acceptors (Lipinski definition) is 3. The first kappa shape index (κ1) is 13.6. The van der Waals surface area contributed by atoms with Gasteiger partial charge in [-0.15, -0.1) is 0 Å². The van der Waals surface area contributed by atoms with E-state index in [9.17, 15) is 0 Å². The minimum atomic E-state index is 0.670. The molecule has 0 aliphatic carbocycles. The average Bonchev–Trinajstić information content (AvgIpc) is 2.81. The first-order valence-electron chi connectivity index (χ1n) is 6.73. The molecular weight excluding hydrogens is 238 g/mol. The van der Waals surface area contributed by atoms with E-state index >= 15 is 0 Å². The number of nitrogens with zero attached hydrogens (tertiary/aromatic N) is 2. The van der Waals surface area contributed by atoms with E-state index in [-0.39, 0.29) is 0 Å². The van der Waals surface area contributed by atoms with Crippen LogP contribution in [0, 0.1) is 6.92 Å². The Bertz CT molecular complexity index is 534. The molecule has 0 atom stereocenters. The molecule has 4 heteroatoms. The minimum Gasteiger partial charge on any atom is -0.454 e. The standard InChI is InChI=1S/C15H21N3O/c1-3-8-18-11-14(10-17-18)19-15-5-4-13(6-7-16)9-12(15)2/h4-5,9-11H,3,6-8,16H2,1-2H3. The van der Waals surface area contributed by atoms with Gasteiger partial charge in [0.05, 0.1) is 12.4 Å². The molecule has 2 aromatic rings. The smallest absolute Gasteiger partial charge is 0.165 e. The highest BCUT2D eigenvalue weighted by atomic mass is 16.5. The van der Waals surface area contributed by atoms with E-state index < -0.39 is 0 Å². The van der Waals surface area contributed by atoms with E-state index in [1.54, 1.807) is 6.20 Å². The quantitative estimate of drug-likeness (QED) is 0.867. The van der Waals surface area contributed by atoms with Crippen LogP contribution in [-0.4, -0.2) is 16.3 Å². The third-order valence-corrected chi connectivity index (χ3v) is 2.96. The number of aromatic nitrogens is 2. The summed E-state index contributed by atoms with van der Waals surface area (Å²) in [4.78, 5) is 0. The van der Waals surface area contributed by atoms with Gasteiger partial charge >= 0.3 is 0 Å². The first-order chi connectivity index (χ1) is 9.22. The van der Waals surface area contributed by atoms with Crippen molar-refractivity contribution in [2.45, 2.75) is 33.2 Å². The van der Waals surface area contributed by atoms with Gasteiger partial charge in [-0.25, -0.2) is 0 Å². The number of hydrogen-bond donors (Lipinski definition) is 1. The summed E-state index contributed by atoms with van der Waals surface area (Å²) in [5.74, 6) is 1.65. The zero-order chi connectivity index (χ0) is 13.7. The summed E-state index contributed by atoms with van der Waals surface area (Å²) in [7, 11) is 0. The molecule has 102 valence electrons. The van der Waals surface area contributed by atoms with E-state index in [0.717, 1.165) is 36.4 Å². The second kappa shape index (κ2) is 6.38. The van der Waals surface area contributed by atoms with Crippen LogP contribution in [0.3, 0.4) is 0 Å². The van der Waals surface area contributed by atoms with Gasteiger partial charge in [0.25, 0.3) is 0 Å². The van der Waals surface area contributed by atoms with Crippen molar-refractivity contribution in [3.05, 3.63) is 41.7 Å². The molecule has 0 saturated carbocycles. The highest BCUT2D eigenvalue weighted by molar-refractivity contribution is 5.39. The second-order valence-electron chi connectivity index (χ2n) is 4.68. The highest BCUT2D eigenvalue weighted by Crippen LogP contribution is 2.25.